The lowest BCUT2D eigenvalue weighted by atomic mass is 10.1. The third-order valence-corrected chi connectivity index (χ3v) is 4.25. The van der Waals surface area contributed by atoms with E-state index in [2.05, 4.69) is 10.4 Å². The quantitative estimate of drug-likeness (QED) is 0.740. The summed E-state index contributed by atoms with van der Waals surface area (Å²) >= 11 is 0. The highest BCUT2D eigenvalue weighted by Gasteiger charge is 2.25. The van der Waals surface area contributed by atoms with Gasteiger partial charge in [0.15, 0.2) is 11.5 Å². The van der Waals surface area contributed by atoms with Crippen LogP contribution in [0.3, 0.4) is 0 Å². The molecule has 0 radical (unpaired) electrons. The van der Waals surface area contributed by atoms with Gasteiger partial charge in [0, 0.05) is 18.0 Å². The summed E-state index contributed by atoms with van der Waals surface area (Å²) in [5.74, 6) is -0.844. The standard InChI is InChI=1S/C18H19N3O4/c1-9-6-7-12-10(2)16(25-13(12)8-9)17(22)19-14-11(3)21(4)20-15(14)18(23)24-5/h6-8H,1-5H3,(H,19,22). The average molecular weight is 341 g/mol. The molecule has 25 heavy (non-hydrogen) atoms. The highest BCUT2D eigenvalue weighted by atomic mass is 16.5. The van der Waals surface area contributed by atoms with Crippen molar-refractivity contribution in [3.8, 4) is 0 Å². The van der Waals surface area contributed by atoms with E-state index in [1.54, 1.807) is 14.0 Å². The summed E-state index contributed by atoms with van der Waals surface area (Å²) in [4.78, 5) is 24.6. The van der Waals surface area contributed by atoms with E-state index in [9.17, 15) is 9.59 Å². The Balaban J connectivity index is 2.01. The van der Waals surface area contributed by atoms with Crippen LogP contribution in [0.4, 0.5) is 5.69 Å². The van der Waals surface area contributed by atoms with Crippen molar-refractivity contribution in [1.29, 1.82) is 0 Å². The first-order valence-corrected chi connectivity index (χ1v) is 7.76. The van der Waals surface area contributed by atoms with Crippen LogP contribution in [0.25, 0.3) is 11.0 Å². The summed E-state index contributed by atoms with van der Waals surface area (Å²) < 4.78 is 12.0. The number of fused-ring (bicyclic) bond motifs is 1. The van der Waals surface area contributed by atoms with Crippen molar-refractivity contribution in [1.82, 2.24) is 9.78 Å². The molecule has 0 bridgehead atoms. The van der Waals surface area contributed by atoms with Gasteiger partial charge in [-0.05, 0) is 32.4 Å². The Morgan fingerprint density at radius 3 is 2.64 bits per heavy atom. The van der Waals surface area contributed by atoms with Gasteiger partial charge in [-0.25, -0.2) is 4.79 Å². The van der Waals surface area contributed by atoms with Gasteiger partial charge in [-0.2, -0.15) is 5.10 Å². The number of aromatic nitrogens is 2. The Hall–Kier alpha value is -3.09. The second-order valence-corrected chi connectivity index (χ2v) is 5.93. The highest BCUT2D eigenvalue weighted by Crippen LogP contribution is 2.28. The van der Waals surface area contributed by atoms with Gasteiger partial charge in [0.05, 0.1) is 18.5 Å². The molecule has 1 aromatic carbocycles. The number of nitrogens with zero attached hydrogens (tertiary/aromatic N) is 2. The molecule has 2 aromatic heterocycles. The van der Waals surface area contributed by atoms with Gasteiger partial charge in [-0.15, -0.1) is 0 Å². The summed E-state index contributed by atoms with van der Waals surface area (Å²) in [7, 11) is 2.95. The topological polar surface area (TPSA) is 86.4 Å². The molecule has 0 spiro atoms. The zero-order valence-electron chi connectivity index (χ0n) is 14.8. The van der Waals surface area contributed by atoms with Crippen molar-refractivity contribution in [2.24, 2.45) is 7.05 Å². The summed E-state index contributed by atoms with van der Waals surface area (Å²) in [5.41, 5.74) is 3.45. The molecule has 0 atom stereocenters. The number of amides is 1. The van der Waals surface area contributed by atoms with Crippen LogP contribution in [0.5, 0.6) is 0 Å². The number of carbonyl (C=O) groups excluding carboxylic acids is 2. The minimum Gasteiger partial charge on any atom is -0.464 e. The van der Waals surface area contributed by atoms with Gasteiger partial charge in [0.2, 0.25) is 0 Å². The number of furan rings is 1. The van der Waals surface area contributed by atoms with Gasteiger partial charge < -0.3 is 14.5 Å². The van der Waals surface area contributed by atoms with E-state index in [0.29, 0.717) is 17.0 Å². The number of methoxy groups -OCH3 is 1. The fourth-order valence-corrected chi connectivity index (χ4v) is 2.72. The Labute approximate surface area is 144 Å². The molecule has 0 unspecified atom stereocenters. The maximum absolute atomic E-state index is 12.7. The number of carbonyl (C=O) groups is 2. The van der Waals surface area contributed by atoms with Crippen molar-refractivity contribution >= 4 is 28.5 Å². The Kier molecular flexibility index (Phi) is 4.08. The maximum atomic E-state index is 12.7. The molecule has 1 N–H and O–H groups in total. The van der Waals surface area contributed by atoms with Gasteiger partial charge in [0.1, 0.15) is 5.58 Å². The van der Waals surface area contributed by atoms with Gasteiger partial charge >= 0.3 is 5.97 Å². The van der Waals surface area contributed by atoms with E-state index >= 15 is 0 Å². The number of hydrogen-bond acceptors (Lipinski definition) is 5. The summed E-state index contributed by atoms with van der Waals surface area (Å²) in [5, 5.41) is 7.71. The number of benzene rings is 1. The molecule has 0 saturated carbocycles. The van der Waals surface area contributed by atoms with Crippen LogP contribution in [-0.2, 0) is 11.8 Å². The first kappa shape index (κ1) is 16.8. The van der Waals surface area contributed by atoms with Crippen LogP contribution >= 0.6 is 0 Å². The Bertz CT molecular complexity index is 998. The molecule has 0 aliphatic carbocycles. The minimum atomic E-state index is -0.615. The smallest absolute Gasteiger partial charge is 0.360 e. The molecule has 0 fully saturated rings. The molecule has 3 aromatic rings. The van der Waals surface area contributed by atoms with Crippen LogP contribution in [0.2, 0.25) is 0 Å². The first-order chi connectivity index (χ1) is 11.8. The highest BCUT2D eigenvalue weighted by molar-refractivity contribution is 6.09. The van der Waals surface area contributed by atoms with Gasteiger partial charge in [-0.1, -0.05) is 12.1 Å². The van der Waals surface area contributed by atoms with Crippen molar-refractivity contribution in [3.05, 3.63) is 46.5 Å². The van der Waals surface area contributed by atoms with Gasteiger partial charge in [0.25, 0.3) is 5.91 Å². The van der Waals surface area contributed by atoms with Crippen LogP contribution < -0.4 is 5.32 Å². The van der Waals surface area contributed by atoms with Gasteiger partial charge in [-0.3, -0.25) is 9.48 Å². The van der Waals surface area contributed by atoms with E-state index < -0.39 is 11.9 Å². The molecular weight excluding hydrogens is 322 g/mol. The molecule has 7 nitrogen and oxygen atoms in total. The first-order valence-electron chi connectivity index (χ1n) is 7.76. The SMILES string of the molecule is COC(=O)c1nn(C)c(C)c1NC(=O)c1oc2cc(C)ccc2c1C. The number of aryl methyl sites for hydroxylation is 3. The zero-order chi connectivity index (χ0) is 18.3. The lowest BCUT2D eigenvalue weighted by Gasteiger charge is -2.05. The van der Waals surface area contributed by atoms with E-state index in [-0.39, 0.29) is 11.5 Å². The van der Waals surface area contributed by atoms with Crippen molar-refractivity contribution < 1.29 is 18.7 Å². The number of ether oxygens (including phenoxy) is 1. The van der Waals surface area contributed by atoms with Crippen LogP contribution in [0.1, 0.15) is 37.9 Å². The third-order valence-electron chi connectivity index (χ3n) is 4.25. The Morgan fingerprint density at radius 1 is 1.24 bits per heavy atom. The second kappa shape index (κ2) is 6.08. The average Bonchev–Trinajstić information content (AvgIpc) is 3.05. The van der Waals surface area contributed by atoms with E-state index in [0.717, 1.165) is 16.5 Å². The zero-order valence-corrected chi connectivity index (χ0v) is 14.8. The predicted molar refractivity (Wildman–Crippen MR) is 92.9 cm³/mol. The van der Waals surface area contributed by atoms with E-state index in [1.807, 2.05) is 32.0 Å². The van der Waals surface area contributed by atoms with Crippen LogP contribution in [0, 0.1) is 20.8 Å². The number of nitrogens with one attached hydrogen (secondary N) is 1. The minimum absolute atomic E-state index is 0.0560. The number of rotatable bonds is 3. The van der Waals surface area contributed by atoms with Crippen LogP contribution in [-0.4, -0.2) is 28.8 Å². The predicted octanol–water partition coefficient (Wildman–Crippen LogP) is 3.13. The van der Waals surface area contributed by atoms with Crippen molar-refractivity contribution in [2.75, 3.05) is 12.4 Å². The monoisotopic (exact) mass is 341 g/mol. The maximum Gasteiger partial charge on any atom is 0.360 e. The third kappa shape index (κ3) is 2.77. The molecule has 1 amide bonds. The normalized spacial score (nSPS) is 10.9. The summed E-state index contributed by atoms with van der Waals surface area (Å²) in [6.45, 7) is 5.54. The number of anilines is 1. The molecule has 2 heterocycles. The summed E-state index contributed by atoms with van der Waals surface area (Å²) in [6.07, 6.45) is 0. The van der Waals surface area contributed by atoms with Crippen LogP contribution in [0.15, 0.2) is 22.6 Å². The molecule has 7 heteroatoms. The number of hydrogen-bond donors (Lipinski definition) is 1. The number of esters is 1. The largest absolute Gasteiger partial charge is 0.464 e. The molecule has 130 valence electrons. The Morgan fingerprint density at radius 2 is 1.96 bits per heavy atom. The lowest BCUT2D eigenvalue weighted by molar-refractivity contribution is 0.0594. The molecule has 0 saturated heterocycles. The second-order valence-electron chi connectivity index (χ2n) is 5.93. The molecule has 0 aliphatic heterocycles. The fraction of sp³-hybridized carbons (Fsp3) is 0.278. The van der Waals surface area contributed by atoms with Crippen molar-refractivity contribution in [3.63, 3.8) is 0 Å². The lowest BCUT2D eigenvalue weighted by Crippen LogP contribution is -2.15. The molecule has 0 aliphatic rings. The fourth-order valence-electron chi connectivity index (χ4n) is 2.72. The molecular formula is C18H19N3O4. The molecule has 3 rings (SSSR count). The van der Waals surface area contributed by atoms with Crippen molar-refractivity contribution in [2.45, 2.75) is 20.8 Å². The van der Waals surface area contributed by atoms with E-state index in [4.69, 9.17) is 9.15 Å². The summed E-state index contributed by atoms with van der Waals surface area (Å²) in [6, 6.07) is 5.77. The van der Waals surface area contributed by atoms with E-state index in [1.165, 1.54) is 11.8 Å².